The summed E-state index contributed by atoms with van der Waals surface area (Å²) in [6, 6.07) is 7.79. The largest absolute Gasteiger partial charge is 0.346 e. The molecule has 1 atom stereocenters. The highest BCUT2D eigenvalue weighted by Gasteiger charge is 2.25. The average Bonchev–Trinajstić information content (AvgIpc) is 3.20. The fourth-order valence-electron chi connectivity index (χ4n) is 3.33. The van der Waals surface area contributed by atoms with Crippen molar-refractivity contribution in [1.82, 2.24) is 15.1 Å². The predicted molar refractivity (Wildman–Crippen MR) is 114 cm³/mol. The van der Waals surface area contributed by atoms with Gasteiger partial charge in [0.15, 0.2) is 0 Å². The molecule has 1 aliphatic rings. The van der Waals surface area contributed by atoms with Crippen LogP contribution in [-0.4, -0.2) is 61.4 Å². The summed E-state index contributed by atoms with van der Waals surface area (Å²) in [7, 11) is 2.12. The molecule has 0 saturated carbocycles. The number of nitrogens with one attached hydrogen (secondary N) is 2. The van der Waals surface area contributed by atoms with Crippen molar-refractivity contribution in [2.45, 2.75) is 19.9 Å². The van der Waals surface area contributed by atoms with Crippen molar-refractivity contribution >= 4 is 28.8 Å². The third-order valence-electron chi connectivity index (χ3n) is 5.33. The number of piperazine rings is 1. The van der Waals surface area contributed by atoms with Gasteiger partial charge in [-0.25, -0.2) is 0 Å². The average molecular weight is 401 g/mol. The van der Waals surface area contributed by atoms with Crippen molar-refractivity contribution in [2.24, 2.45) is 0 Å². The molecule has 2 aromatic rings. The van der Waals surface area contributed by atoms with E-state index in [1.54, 1.807) is 11.3 Å². The van der Waals surface area contributed by atoms with E-state index in [0.29, 0.717) is 12.2 Å². The molecule has 3 rings (SSSR count). The van der Waals surface area contributed by atoms with E-state index >= 15 is 0 Å². The monoisotopic (exact) mass is 400 g/mol. The smallest absolute Gasteiger partial charge is 0.313 e. The Balaban J connectivity index is 1.59. The number of amides is 2. The summed E-state index contributed by atoms with van der Waals surface area (Å²) in [5.41, 5.74) is 4.04. The molecule has 7 heteroatoms. The SMILES string of the molecule is Cc1ccc(NC(=O)C(=O)NCC(c2ccsc2)N2CCN(C)CC2)cc1C. The van der Waals surface area contributed by atoms with Gasteiger partial charge in [0.05, 0.1) is 6.04 Å². The molecule has 2 amide bonds. The standard InChI is InChI=1S/C21H28N4O2S/c1-15-4-5-18(12-16(15)2)23-21(27)20(26)22-13-19(17-6-11-28-14-17)25-9-7-24(3)8-10-25/h4-6,11-12,14,19H,7-10,13H2,1-3H3,(H,22,26)(H,23,27). The van der Waals surface area contributed by atoms with Gasteiger partial charge in [-0.3, -0.25) is 14.5 Å². The molecular formula is C21H28N4O2S. The summed E-state index contributed by atoms with van der Waals surface area (Å²) in [5, 5.41) is 9.67. The van der Waals surface area contributed by atoms with Gasteiger partial charge in [0.25, 0.3) is 0 Å². The van der Waals surface area contributed by atoms with Crippen LogP contribution in [0.4, 0.5) is 5.69 Å². The normalized spacial score (nSPS) is 16.5. The molecule has 0 radical (unpaired) electrons. The van der Waals surface area contributed by atoms with Crippen LogP contribution in [0.15, 0.2) is 35.0 Å². The maximum atomic E-state index is 12.4. The fraction of sp³-hybridized carbons (Fsp3) is 0.429. The number of aryl methyl sites for hydroxylation is 2. The number of carbonyl (C=O) groups is 2. The summed E-state index contributed by atoms with van der Waals surface area (Å²) in [4.78, 5) is 29.3. The minimum absolute atomic E-state index is 0.0818. The molecule has 0 spiro atoms. The molecule has 1 aromatic carbocycles. The molecule has 0 aliphatic carbocycles. The Morgan fingerprint density at radius 2 is 1.82 bits per heavy atom. The molecule has 6 nitrogen and oxygen atoms in total. The number of likely N-dealkylation sites (N-methyl/N-ethyl adjacent to an activating group) is 1. The van der Waals surface area contributed by atoms with Crippen LogP contribution < -0.4 is 10.6 Å². The first-order valence-corrected chi connectivity index (χ1v) is 10.5. The first-order valence-electron chi connectivity index (χ1n) is 9.55. The van der Waals surface area contributed by atoms with Crippen LogP contribution in [0.3, 0.4) is 0 Å². The predicted octanol–water partition coefficient (Wildman–Crippen LogP) is 2.41. The Bertz CT molecular complexity index is 814. The van der Waals surface area contributed by atoms with Gasteiger partial charge in [0.1, 0.15) is 0 Å². The van der Waals surface area contributed by atoms with E-state index in [1.165, 1.54) is 5.56 Å². The number of benzene rings is 1. The van der Waals surface area contributed by atoms with Gasteiger partial charge in [-0.1, -0.05) is 6.07 Å². The molecule has 0 bridgehead atoms. The molecule has 1 aliphatic heterocycles. The zero-order chi connectivity index (χ0) is 20.1. The highest BCUT2D eigenvalue weighted by molar-refractivity contribution is 7.08. The van der Waals surface area contributed by atoms with Crippen LogP contribution in [-0.2, 0) is 9.59 Å². The van der Waals surface area contributed by atoms with Crippen LogP contribution >= 0.6 is 11.3 Å². The van der Waals surface area contributed by atoms with Gasteiger partial charge in [0, 0.05) is 38.4 Å². The molecular weight excluding hydrogens is 372 g/mol. The Labute approximate surface area is 170 Å². The second kappa shape index (κ2) is 9.32. The van der Waals surface area contributed by atoms with E-state index in [-0.39, 0.29) is 6.04 Å². The van der Waals surface area contributed by atoms with Crippen molar-refractivity contribution < 1.29 is 9.59 Å². The summed E-state index contributed by atoms with van der Waals surface area (Å²) in [6.45, 7) is 8.30. The number of carbonyl (C=O) groups excluding carboxylic acids is 2. The van der Waals surface area contributed by atoms with Gasteiger partial charge < -0.3 is 15.5 Å². The van der Waals surface area contributed by atoms with E-state index in [0.717, 1.165) is 37.3 Å². The highest BCUT2D eigenvalue weighted by atomic mass is 32.1. The minimum Gasteiger partial charge on any atom is -0.346 e. The number of hydrogen-bond donors (Lipinski definition) is 2. The zero-order valence-electron chi connectivity index (χ0n) is 16.7. The number of anilines is 1. The molecule has 28 heavy (non-hydrogen) atoms. The van der Waals surface area contributed by atoms with Gasteiger partial charge in [0.2, 0.25) is 0 Å². The molecule has 1 fully saturated rings. The van der Waals surface area contributed by atoms with Crippen molar-refractivity contribution in [2.75, 3.05) is 45.1 Å². The van der Waals surface area contributed by atoms with Crippen LogP contribution in [0.5, 0.6) is 0 Å². The number of nitrogens with zero attached hydrogens (tertiary/aromatic N) is 2. The number of rotatable bonds is 5. The van der Waals surface area contributed by atoms with Crippen LogP contribution in [0.2, 0.25) is 0 Å². The maximum absolute atomic E-state index is 12.4. The lowest BCUT2D eigenvalue weighted by atomic mass is 10.1. The third-order valence-corrected chi connectivity index (χ3v) is 6.04. The van der Waals surface area contributed by atoms with Gasteiger partial charge in [-0.05, 0) is 66.5 Å². The molecule has 1 saturated heterocycles. The van der Waals surface area contributed by atoms with Crippen molar-refractivity contribution in [3.8, 4) is 0 Å². The molecule has 2 N–H and O–H groups in total. The van der Waals surface area contributed by atoms with Gasteiger partial charge in [-0.15, -0.1) is 0 Å². The van der Waals surface area contributed by atoms with E-state index in [1.807, 2.05) is 37.4 Å². The quantitative estimate of drug-likeness (QED) is 0.757. The summed E-state index contributed by atoms with van der Waals surface area (Å²) in [6.07, 6.45) is 0. The number of thiophene rings is 1. The first kappa shape index (κ1) is 20.5. The van der Waals surface area contributed by atoms with Crippen molar-refractivity contribution in [3.05, 3.63) is 51.7 Å². The van der Waals surface area contributed by atoms with Gasteiger partial charge in [-0.2, -0.15) is 11.3 Å². The van der Waals surface area contributed by atoms with E-state index in [9.17, 15) is 9.59 Å². The lowest BCUT2D eigenvalue weighted by Gasteiger charge is -2.37. The summed E-state index contributed by atoms with van der Waals surface area (Å²) < 4.78 is 0. The fourth-order valence-corrected chi connectivity index (χ4v) is 4.04. The van der Waals surface area contributed by atoms with E-state index in [4.69, 9.17) is 0 Å². The Morgan fingerprint density at radius 1 is 1.07 bits per heavy atom. The topological polar surface area (TPSA) is 64.7 Å². The molecule has 1 unspecified atom stereocenters. The minimum atomic E-state index is -0.634. The highest BCUT2D eigenvalue weighted by Crippen LogP contribution is 2.23. The van der Waals surface area contributed by atoms with Crippen LogP contribution in [0.1, 0.15) is 22.7 Å². The van der Waals surface area contributed by atoms with Crippen LogP contribution in [0, 0.1) is 13.8 Å². The lowest BCUT2D eigenvalue weighted by Crippen LogP contribution is -2.49. The first-order chi connectivity index (χ1) is 13.4. The maximum Gasteiger partial charge on any atom is 0.313 e. The molecule has 1 aromatic heterocycles. The van der Waals surface area contributed by atoms with Gasteiger partial charge >= 0.3 is 11.8 Å². The third kappa shape index (κ3) is 5.19. The zero-order valence-corrected chi connectivity index (χ0v) is 17.5. The van der Waals surface area contributed by atoms with E-state index in [2.05, 4.69) is 38.9 Å². The summed E-state index contributed by atoms with van der Waals surface area (Å²) >= 11 is 1.65. The summed E-state index contributed by atoms with van der Waals surface area (Å²) in [5.74, 6) is -1.24. The Kier molecular flexibility index (Phi) is 6.83. The van der Waals surface area contributed by atoms with E-state index < -0.39 is 11.8 Å². The lowest BCUT2D eigenvalue weighted by molar-refractivity contribution is -0.136. The number of hydrogen-bond acceptors (Lipinski definition) is 5. The second-order valence-corrected chi connectivity index (χ2v) is 8.15. The second-order valence-electron chi connectivity index (χ2n) is 7.37. The molecule has 2 heterocycles. The Hall–Kier alpha value is -2.22. The van der Waals surface area contributed by atoms with Crippen LogP contribution in [0.25, 0.3) is 0 Å². The Morgan fingerprint density at radius 3 is 2.46 bits per heavy atom. The van der Waals surface area contributed by atoms with Crippen molar-refractivity contribution in [3.63, 3.8) is 0 Å². The molecule has 150 valence electrons. The van der Waals surface area contributed by atoms with Crippen molar-refractivity contribution in [1.29, 1.82) is 0 Å².